The van der Waals surface area contributed by atoms with E-state index in [0.29, 0.717) is 24.7 Å². The van der Waals surface area contributed by atoms with Gasteiger partial charge in [0.25, 0.3) is 5.91 Å². The summed E-state index contributed by atoms with van der Waals surface area (Å²) in [5, 5.41) is 2.73. The number of alkyl halides is 3. The number of pyridine rings is 1. The van der Waals surface area contributed by atoms with E-state index < -0.39 is 23.5 Å². The summed E-state index contributed by atoms with van der Waals surface area (Å²) in [5.74, 6) is -1.59. The van der Waals surface area contributed by atoms with Gasteiger partial charge in [0, 0.05) is 31.4 Å². The van der Waals surface area contributed by atoms with Crippen molar-refractivity contribution in [1.29, 1.82) is 0 Å². The third kappa shape index (κ3) is 3.06. The van der Waals surface area contributed by atoms with Gasteiger partial charge in [-0.3, -0.25) is 9.78 Å². The Balaban J connectivity index is 1.69. The average Bonchev–Trinajstić information content (AvgIpc) is 2.76. The molecule has 2 fully saturated rings. The van der Waals surface area contributed by atoms with Gasteiger partial charge < -0.3 is 10.2 Å². The van der Waals surface area contributed by atoms with E-state index in [9.17, 15) is 22.4 Å². The average molecular weight is 317 g/mol. The first kappa shape index (κ1) is 15.2. The molecule has 0 saturated carbocycles. The molecular formula is C14H15F4N3O. The van der Waals surface area contributed by atoms with Crippen LogP contribution in [0.15, 0.2) is 12.3 Å². The predicted octanol–water partition coefficient (Wildman–Crippen LogP) is 2.06. The van der Waals surface area contributed by atoms with Gasteiger partial charge in [-0.05, 0) is 25.3 Å². The zero-order valence-corrected chi connectivity index (χ0v) is 11.7. The molecule has 2 aliphatic rings. The lowest BCUT2D eigenvalue weighted by Gasteiger charge is -2.30. The van der Waals surface area contributed by atoms with Crippen molar-refractivity contribution in [2.45, 2.75) is 25.1 Å². The largest absolute Gasteiger partial charge is 0.420 e. The van der Waals surface area contributed by atoms with E-state index in [-0.39, 0.29) is 11.7 Å². The van der Waals surface area contributed by atoms with Crippen molar-refractivity contribution in [3.8, 4) is 0 Å². The maximum absolute atomic E-state index is 13.5. The molecule has 0 spiro atoms. The first-order chi connectivity index (χ1) is 10.3. The Morgan fingerprint density at radius 3 is 2.77 bits per heavy atom. The number of carbonyl (C=O) groups is 1. The number of amides is 1. The normalized spacial score (nSPS) is 27.7. The van der Waals surface area contributed by atoms with Crippen LogP contribution in [0, 0.1) is 11.7 Å². The molecule has 1 aromatic rings. The molecule has 8 heteroatoms. The molecular weight excluding hydrogens is 302 g/mol. The zero-order valence-electron chi connectivity index (χ0n) is 11.7. The molecule has 0 radical (unpaired) electrons. The van der Waals surface area contributed by atoms with Crippen LogP contribution < -0.4 is 5.32 Å². The lowest BCUT2D eigenvalue weighted by Crippen LogP contribution is -2.47. The molecule has 2 bridgehead atoms. The standard InChI is InChI=1S/C14H15F4N3O/c15-11-4-12(19-5-10(11)14(16,17)18)13(22)20-9-3-8-1-2-21(6-8)7-9/h4-5,8-9H,1-3,6-7H2,(H,20,22)/t8-,9+/m0/s1. The molecule has 1 amide bonds. The number of fused-ring (bicyclic) bond motifs is 2. The number of nitrogens with one attached hydrogen (secondary N) is 1. The number of nitrogens with zero attached hydrogens (tertiary/aromatic N) is 2. The lowest BCUT2D eigenvalue weighted by molar-refractivity contribution is -0.140. The molecule has 1 unspecified atom stereocenters. The zero-order chi connectivity index (χ0) is 15.9. The number of carbonyl (C=O) groups excluding carboxylic acids is 1. The monoisotopic (exact) mass is 317 g/mol. The van der Waals surface area contributed by atoms with Crippen molar-refractivity contribution in [3.63, 3.8) is 0 Å². The minimum atomic E-state index is -4.82. The third-order valence-electron chi connectivity index (χ3n) is 4.19. The summed E-state index contributed by atoms with van der Waals surface area (Å²) in [4.78, 5) is 17.7. The maximum Gasteiger partial charge on any atom is 0.420 e. The second-order valence-corrected chi connectivity index (χ2v) is 5.87. The van der Waals surface area contributed by atoms with E-state index in [1.54, 1.807) is 0 Å². The summed E-state index contributed by atoms with van der Waals surface area (Å²) in [6.07, 6.45) is -2.52. The molecule has 0 aliphatic carbocycles. The number of hydrogen-bond donors (Lipinski definition) is 1. The summed E-state index contributed by atoms with van der Waals surface area (Å²) < 4.78 is 50.9. The van der Waals surface area contributed by atoms with E-state index in [0.717, 1.165) is 25.9 Å². The molecule has 3 rings (SSSR count). The minimum Gasteiger partial charge on any atom is -0.347 e. The number of piperidine rings is 1. The van der Waals surface area contributed by atoms with Crippen LogP contribution in [0.5, 0.6) is 0 Å². The quantitative estimate of drug-likeness (QED) is 0.849. The van der Waals surface area contributed by atoms with Crippen LogP contribution in [0.1, 0.15) is 28.9 Å². The van der Waals surface area contributed by atoms with Crippen LogP contribution in [0.4, 0.5) is 17.6 Å². The predicted molar refractivity (Wildman–Crippen MR) is 69.6 cm³/mol. The fraction of sp³-hybridized carbons (Fsp3) is 0.571. The first-order valence-electron chi connectivity index (χ1n) is 7.09. The molecule has 3 heterocycles. The summed E-state index contributed by atoms with van der Waals surface area (Å²) in [6, 6.07) is 0.469. The number of rotatable bonds is 2. The van der Waals surface area contributed by atoms with E-state index in [1.807, 2.05) is 0 Å². The van der Waals surface area contributed by atoms with Crippen LogP contribution in [0.3, 0.4) is 0 Å². The van der Waals surface area contributed by atoms with Crippen LogP contribution in [-0.2, 0) is 6.18 Å². The summed E-state index contributed by atoms with van der Waals surface area (Å²) in [7, 11) is 0. The number of aromatic nitrogens is 1. The molecule has 3 atom stereocenters. The second-order valence-electron chi connectivity index (χ2n) is 5.87. The highest BCUT2D eigenvalue weighted by Gasteiger charge is 2.36. The Morgan fingerprint density at radius 2 is 2.14 bits per heavy atom. The van der Waals surface area contributed by atoms with E-state index in [1.165, 1.54) is 0 Å². The fourth-order valence-corrected chi connectivity index (χ4v) is 3.19. The van der Waals surface area contributed by atoms with Crippen LogP contribution in [0.2, 0.25) is 0 Å². The Kier molecular flexibility index (Phi) is 3.80. The molecule has 1 aromatic heterocycles. The lowest BCUT2D eigenvalue weighted by atomic mass is 9.97. The highest BCUT2D eigenvalue weighted by atomic mass is 19.4. The van der Waals surface area contributed by atoms with Gasteiger partial charge in [-0.1, -0.05) is 0 Å². The van der Waals surface area contributed by atoms with Crippen molar-refractivity contribution < 1.29 is 22.4 Å². The summed E-state index contributed by atoms with van der Waals surface area (Å²) in [5.41, 5.74) is -1.80. The van der Waals surface area contributed by atoms with Gasteiger partial charge in [0.05, 0.1) is 0 Å². The Labute approximate surface area is 124 Å². The van der Waals surface area contributed by atoms with Crippen LogP contribution in [-0.4, -0.2) is 41.5 Å². The van der Waals surface area contributed by atoms with Crippen LogP contribution >= 0.6 is 0 Å². The minimum absolute atomic E-state index is 0.0686. The van der Waals surface area contributed by atoms with Crippen LogP contribution in [0.25, 0.3) is 0 Å². The Bertz CT molecular complexity index is 578. The highest BCUT2D eigenvalue weighted by Crippen LogP contribution is 2.31. The second kappa shape index (κ2) is 5.49. The van der Waals surface area contributed by atoms with Gasteiger partial charge in [0.2, 0.25) is 0 Å². The Hall–Kier alpha value is -1.70. The maximum atomic E-state index is 13.5. The van der Waals surface area contributed by atoms with Crippen molar-refractivity contribution in [2.75, 3.05) is 19.6 Å². The number of hydrogen-bond acceptors (Lipinski definition) is 3. The third-order valence-corrected chi connectivity index (χ3v) is 4.19. The van der Waals surface area contributed by atoms with Gasteiger partial charge in [0.1, 0.15) is 17.1 Å². The molecule has 2 aliphatic heterocycles. The van der Waals surface area contributed by atoms with Gasteiger partial charge in [-0.15, -0.1) is 0 Å². The smallest absolute Gasteiger partial charge is 0.347 e. The molecule has 120 valence electrons. The molecule has 0 aromatic carbocycles. The van der Waals surface area contributed by atoms with E-state index >= 15 is 0 Å². The van der Waals surface area contributed by atoms with Gasteiger partial charge in [-0.2, -0.15) is 13.2 Å². The first-order valence-corrected chi connectivity index (χ1v) is 7.09. The molecule has 4 nitrogen and oxygen atoms in total. The van der Waals surface area contributed by atoms with Gasteiger partial charge in [0.15, 0.2) is 0 Å². The Morgan fingerprint density at radius 1 is 1.36 bits per heavy atom. The molecule has 22 heavy (non-hydrogen) atoms. The molecule has 1 N–H and O–H groups in total. The number of halogens is 4. The van der Waals surface area contributed by atoms with E-state index in [2.05, 4.69) is 15.2 Å². The fourth-order valence-electron chi connectivity index (χ4n) is 3.19. The molecule has 2 saturated heterocycles. The van der Waals surface area contributed by atoms with E-state index in [4.69, 9.17) is 0 Å². The van der Waals surface area contributed by atoms with Crippen molar-refractivity contribution in [2.24, 2.45) is 5.92 Å². The van der Waals surface area contributed by atoms with Crippen molar-refractivity contribution in [1.82, 2.24) is 15.2 Å². The summed E-state index contributed by atoms with van der Waals surface area (Å²) >= 11 is 0. The highest BCUT2D eigenvalue weighted by molar-refractivity contribution is 5.92. The van der Waals surface area contributed by atoms with Gasteiger partial charge >= 0.3 is 6.18 Å². The topological polar surface area (TPSA) is 45.2 Å². The summed E-state index contributed by atoms with van der Waals surface area (Å²) in [6.45, 7) is 2.75. The van der Waals surface area contributed by atoms with Gasteiger partial charge in [-0.25, -0.2) is 4.39 Å². The van der Waals surface area contributed by atoms with Crippen molar-refractivity contribution >= 4 is 5.91 Å². The van der Waals surface area contributed by atoms with Crippen molar-refractivity contribution in [3.05, 3.63) is 29.3 Å². The SMILES string of the molecule is O=C(N[C@@H]1C[C@@H]2CCN(C2)C1)c1cc(F)c(C(F)(F)F)cn1.